The van der Waals surface area contributed by atoms with Gasteiger partial charge >= 0.3 is 0 Å². The molecule has 0 aliphatic carbocycles. The van der Waals surface area contributed by atoms with Gasteiger partial charge in [0.25, 0.3) is 0 Å². The van der Waals surface area contributed by atoms with E-state index in [2.05, 4.69) is 0 Å². The van der Waals surface area contributed by atoms with Crippen LogP contribution in [-0.2, 0) is 9.53 Å². The number of ether oxygens (including phenoxy) is 1. The molecule has 0 spiro atoms. The topological polar surface area (TPSA) is 55.6 Å². The molecule has 0 aromatic heterocycles. The number of carbonyl (C=O) groups excluding carboxylic acids is 1. The largest absolute Gasteiger partial charge is 0.367 e. The number of likely N-dealkylation sites (N-methyl/N-ethyl adjacent to an activating group) is 1. The van der Waals surface area contributed by atoms with Gasteiger partial charge in [-0.3, -0.25) is 4.79 Å². The summed E-state index contributed by atoms with van der Waals surface area (Å²) in [5.74, 6) is 0.0425. The maximum absolute atomic E-state index is 11.0. The van der Waals surface area contributed by atoms with E-state index < -0.39 is 0 Å². The van der Waals surface area contributed by atoms with Gasteiger partial charge in [-0.25, -0.2) is 0 Å². The Labute approximate surface area is 66.3 Å². The molecule has 1 saturated heterocycles. The first-order valence-corrected chi connectivity index (χ1v) is 3.79. The van der Waals surface area contributed by atoms with E-state index in [0.717, 1.165) is 13.0 Å². The second-order valence-electron chi connectivity index (χ2n) is 2.77. The van der Waals surface area contributed by atoms with Crippen molar-refractivity contribution in [2.45, 2.75) is 12.5 Å². The number of hydrogen-bond acceptors (Lipinski definition) is 3. The highest BCUT2D eigenvalue weighted by molar-refractivity contribution is 5.77. The average Bonchev–Trinajstić information content (AvgIpc) is 2.16. The number of amides is 1. The van der Waals surface area contributed by atoms with Crippen LogP contribution in [0.5, 0.6) is 0 Å². The maximum atomic E-state index is 11.0. The Kier molecular flexibility index (Phi) is 2.84. The van der Waals surface area contributed by atoms with Crippen LogP contribution >= 0.6 is 0 Å². The minimum Gasteiger partial charge on any atom is -0.367 e. The van der Waals surface area contributed by atoms with Gasteiger partial charge in [-0.1, -0.05) is 0 Å². The van der Waals surface area contributed by atoms with Gasteiger partial charge in [-0.2, -0.15) is 0 Å². The Balaban J connectivity index is 2.44. The summed E-state index contributed by atoms with van der Waals surface area (Å²) in [7, 11) is 1.78. The third kappa shape index (κ3) is 2.17. The monoisotopic (exact) mass is 158 g/mol. The van der Waals surface area contributed by atoms with E-state index in [4.69, 9.17) is 10.5 Å². The first kappa shape index (κ1) is 8.49. The summed E-state index contributed by atoms with van der Waals surface area (Å²) >= 11 is 0. The molecular weight excluding hydrogens is 144 g/mol. The Morgan fingerprint density at radius 1 is 1.82 bits per heavy atom. The van der Waals surface area contributed by atoms with E-state index in [0.29, 0.717) is 6.54 Å². The second-order valence-corrected chi connectivity index (χ2v) is 2.77. The molecule has 11 heavy (non-hydrogen) atoms. The highest BCUT2D eigenvalue weighted by Crippen LogP contribution is 2.04. The zero-order chi connectivity index (χ0) is 8.27. The molecule has 1 rings (SSSR count). The molecule has 1 aliphatic rings. The molecular formula is C7H14N2O2. The number of nitrogens with two attached hydrogens (primary N) is 1. The molecule has 0 saturated carbocycles. The molecule has 1 amide bonds. The predicted octanol–water partition coefficient (Wildman–Crippen LogP) is -0.808. The minimum atomic E-state index is 0.0425. The lowest BCUT2D eigenvalue weighted by molar-refractivity contribution is -0.133. The number of nitrogens with zero attached hydrogens (tertiary/aromatic N) is 1. The summed E-state index contributed by atoms with van der Waals surface area (Å²) in [6, 6.07) is 0. The molecule has 1 aliphatic heterocycles. The Morgan fingerprint density at radius 3 is 3.18 bits per heavy atom. The molecule has 4 heteroatoms. The molecule has 0 bridgehead atoms. The van der Waals surface area contributed by atoms with Crippen LogP contribution in [-0.4, -0.2) is 43.7 Å². The van der Waals surface area contributed by atoms with Crippen molar-refractivity contribution >= 4 is 5.91 Å². The van der Waals surface area contributed by atoms with Crippen molar-refractivity contribution < 1.29 is 9.53 Å². The van der Waals surface area contributed by atoms with Gasteiger partial charge in [0.05, 0.1) is 6.10 Å². The summed E-state index contributed by atoms with van der Waals surface area (Å²) < 4.78 is 5.22. The fraction of sp³-hybridized carbons (Fsp3) is 0.857. The molecule has 1 atom stereocenters. The molecule has 2 N–H and O–H groups in total. The lowest BCUT2D eigenvalue weighted by Gasteiger charge is -2.12. The van der Waals surface area contributed by atoms with E-state index in [1.807, 2.05) is 0 Å². The van der Waals surface area contributed by atoms with Gasteiger partial charge in [0.15, 0.2) is 0 Å². The van der Waals surface area contributed by atoms with Crippen molar-refractivity contribution in [3.05, 3.63) is 0 Å². The van der Waals surface area contributed by atoms with Crippen LogP contribution in [0.2, 0.25) is 0 Å². The van der Waals surface area contributed by atoms with Gasteiger partial charge < -0.3 is 15.4 Å². The molecule has 0 aromatic carbocycles. The normalized spacial score (nSPS) is 26.9. The first-order chi connectivity index (χ1) is 5.24. The molecule has 0 radical (unpaired) electrons. The van der Waals surface area contributed by atoms with Crippen LogP contribution in [0, 0.1) is 0 Å². The molecule has 0 aromatic rings. The van der Waals surface area contributed by atoms with Crippen molar-refractivity contribution in [1.29, 1.82) is 0 Å². The van der Waals surface area contributed by atoms with Gasteiger partial charge in [0, 0.05) is 20.1 Å². The van der Waals surface area contributed by atoms with Crippen LogP contribution in [0.15, 0.2) is 0 Å². The van der Waals surface area contributed by atoms with E-state index in [-0.39, 0.29) is 18.6 Å². The Morgan fingerprint density at radius 2 is 2.55 bits per heavy atom. The third-order valence-electron chi connectivity index (χ3n) is 1.92. The fourth-order valence-electron chi connectivity index (χ4n) is 1.03. The molecule has 4 nitrogen and oxygen atoms in total. The highest BCUT2D eigenvalue weighted by Gasteiger charge is 2.18. The zero-order valence-corrected chi connectivity index (χ0v) is 6.75. The van der Waals surface area contributed by atoms with E-state index in [1.165, 1.54) is 0 Å². The molecule has 1 heterocycles. The Hall–Kier alpha value is -0.610. The van der Waals surface area contributed by atoms with Crippen LogP contribution in [0.3, 0.4) is 0 Å². The van der Waals surface area contributed by atoms with E-state index >= 15 is 0 Å². The highest BCUT2D eigenvalue weighted by atomic mass is 16.5. The number of hydrogen-bond donors (Lipinski definition) is 1. The van der Waals surface area contributed by atoms with Gasteiger partial charge in [-0.15, -0.1) is 0 Å². The molecule has 1 unspecified atom stereocenters. The Bertz CT molecular complexity index is 149. The quantitative estimate of drug-likeness (QED) is 0.543. The summed E-state index contributed by atoms with van der Waals surface area (Å²) in [4.78, 5) is 12.7. The smallest absolute Gasteiger partial charge is 0.248 e. The van der Waals surface area contributed by atoms with Crippen molar-refractivity contribution in [1.82, 2.24) is 4.90 Å². The lowest BCUT2D eigenvalue weighted by Crippen LogP contribution is -2.28. The van der Waals surface area contributed by atoms with E-state index in [9.17, 15) is 4.79 Å². The minimum absolute atomic E-state index is 0.0425. The standard InChI is InChI=1S/C7H14N2O2/c1-9-3-2-6(4-8)11-5-7(9)10/h6H,2-5,8H2,1H3. The summed E-state index contributed by atoms with van der Waals surface area (Å²) in [6.07, 6.45) is 0.905. The average molecular weight is 158 g/mol. The van der Waals surface area contributed by atoms with Gasteiger partial charge in [0.2, 0.25) is 5.91 Å². The predicted molar refractivity (Wildman–Crippen MR) is 41.0 cm³/mol. The van der Waals surface area contributed by atoms with Crippen molar-refractivity contribution in [3.8, 4) is 0 Å². The van der Waals surface area contributed by atoms with Gasteiger partial charge in [0.1, 0.15) is 6.61 Å². The summed E-state index contributed by atoms with van der Waals surface area (Å²) in [5, 5.41) is 0. The van der Waals surface area contributed by atoms with Crippen LogP contribution in [0.4, 0.5) is 0 Å². The van der Waals surface area contributed by atoms with Crippen molar-refractivity contribution in [2.24, 2.45) is 5.73 Å². The first-order valence-electron chi connectivity index (χ1n) is 3.79. The summed E-state index contributed by atoms with van der Waals surface area (Å²) in [6.45, 7) is 1.43. The number of rotatable bonds is 1. The zero-order valence-electron chi connectivity index (χ0n) is 6.75. The van der Waals surface area contributed by atoms with Crippen LogP contribution in [0.25, 0.3) is 0 Å². The number of carbonyl (C=O) groups is 1. The van der Waals surface area contributed by atoms with Crippen LogP contribution < -0.4 is 5.73 Å². The maximum Gasteiger partial charge on any atom is 0.248 e. The molecule has 1 fully saturated rings. The third-order valence-corrected chi connectivity index (χ3v) is 1.92. The van der Waals surface area contributed by atoms with Crippen molar-refractivity contribution in [2.75, 3.05) is 26.7 Å². The van der Waals surface area contributed by atoms with Gasteiger partial charge in [-0.05, 0) is 6.42 Å². The van der Waals surface area contributed by atoms with Crippen molar-refractivity contribution in [3.63, 3.8) is 0 Å². The summed E-state index contributed by atoms with van der Waals surface area (Å²) in [5.41, 5.74) is 5.41. The molecule has 64 valence electrons. The van der Waals surface area contributed by atoms with E-state index in [1.54, 1.807) is 11.9 Å². The fourth-order valence-corrected chi connectivity index (χ4v) is 1.03. The SMILES string of the molecule is CN1CCC(CN)OCC1=O. The van der Waals surface area contributed by atoms with Crippen LogP contribution in [0.1, 0.15) is 6.42 Å². The lowest BCUT2D eigenvalue weighted by atomic mass is 10.2. The second kappa shape index (κ2) is 3.69.